The molecule has 0 unspecified atom stereocenters. The van der Waals surface area contributed by atoms with Gasteiger partial charge in [0.2, 0.25) is 0 Å². The lowest BCUT2D eigenvalue weighted by Crippen LogP contribution is -2.30. The van der Waals surface area contributed by atoms with Crippen LogP contribution in [0, 0.1) is 0 Å². The maximum atomic E-state index is 12.3. The van der Waals surface area contributed by atoms with Gasteiger partial charge in [0.05, 0.1) is 9.92 Å². The summed E-state index contributed by atoms with van der Waals surface area (Å²) in [5.41, 5.74) is 0.0369. The minimum atomic E-state index is -4.06. The van der Waals surface area contributed by atoms with Gasteiger partial charge in [-0.3, -0.25) is 4.79 Å². The fourth-order valence-electron chi connectivity index (χ4n) is 2.12. The monoisotopic (exact) mass is 387 g/mol. The van der Waals surface area contributed by atoms with E-state index >= 15 is 0 Å². The van der Waals surface area contributed by atoms with Crippen molar-refractivity contribution in [2.45, 2.75) is 4.90 Å². The highest BCUT2D eigenvalue weighted by atomic mass is 35.5. The predicted octanol–water partition coefficient (Wildman–Crippen LogP) is 2.88. The van der Waals surface area contributed by atoms with Gasteiger partial charge in [0.25, 0.3) is 15.9 Å². The molecule has 9 heteroatoms. The third-order valence-corrected chi connectivity index (χ3v) is 5.04. The lowest BCUT2D eigenvalue weighted by atomic mass is 10.2. The number of hydrogen-bond acceptors (Lipinski definition) is 5. The number of hydrogen-bond donors (Lipinski definition) is 1. The number of carbonyl (C=O) groups is 1. The Bertz CT molecular complexity index is 914. The molecule has 2 aromatic carbocycles. The van der Waals surface area contributed by atoms with Crippen molar-refractivity contribution in [3.63, 3.8) is 0 Å². The highest BCUT2D eigenvalue weighted by Crippen LogP contribution is 2.38. The van der Waals surface area contributed by atoms with Crippen LogP contribution in [-0.4, -0.2) is 27.5 Å². The molecule has 0 saturated carbocycles. The molecule has 24 heavy (non-hydrogen) atoms. The normalized spacial score (nSPS) is 13.4. The standard InChI is InChI=1S/C15H11Cl2NO5S/c16-10-2-1-3-11(8-10)24(20,21)18-15(19)9-6-12(17)14-13(7-9)22-4-5-23-14/h1-3,6-8H,4-5H2,(H,18,19). The minimum absolute atomic E-state index is 0.0369. The molecule has 1 aliphatic rings. The van der Waals surface area contributed by atoms with Crippen molar-refractivity contribution in [1.82, 2.24) is 4.72 Å². The molecule has 3 rings (SSSR count). The van der Waals surface area contributed by atoms with Gasteiger partial charge in [-0.15, -0.1) is 0 Å². The van der Waals surface area contributed by atoms with Gasteiger partial charge < -0.3 is 9.47 Å². The number of nitrogens with one attached hydrogen (secondary N) is 1. The molecule has 0 aliphatic carbocycles. The highest BCUT2D eigenvalue weighted by Gasteiger charge is 2.23. The SMILES string of the molecule is O=C(NS(=O)(=O)c1cccc(Cl)c1)c1cc(Cl)c2c(c1)OCCO2. The van der Waals surface area contributed by atoms with E-state index in [-0.39, 0.29) is 20.5 Å². The first kappa shape index (κ1) is 16.9. The number of rotatable bonds is 3. The molecule has 0 saturated heterocycles. The molecule has 1 aliphatic heterocycles. The van der Waals surface area contributed by atoms with Crippen LogP contribution in [0.1, 0.15) is 10.4 Å². The summed E-state index contributed by atoms with van der Waals surface area (Å²) in [6.45, 7) is 0.663. The van der Waals surface area contributed by atoms with Crippen molar-refractivity contribution in [2.24, 2.45) is 0 Å². The van der Waals surface area contributed by atoms with Crippen LogP contribution < -0.4 is 14.2 Å². The Hall–Kier alpha value is -1.96. The molecule has 0 atom stereocenters. The first-order valence-corrected chi connectivity index (χ1v) is 9.02. The Morgan fingerprint density at radius 1 is 1.08 bits per heavy atom. The van der Waals surface area contributed by atoms with Crippen molar-refractivity contribution < 1.29 is 22.7 Å². The molecule has 1 amide bonds. The van der Waals surface area contributed by atoms with Crippen molar-refractivity contribution in [2.75, 3.05) is 13.2 Å². The zero-order chi connectivity index (χ0) is 17.3. The third-order valence-electron chi connectivity index (χ3n) is 3.19. The molecule has 0 spiro atoms. The number of amides is 1. The van der Waals surface area contributed by atoms with E-state index in [1.165, 1.54) is 36.4 Å². The van der Waals surface area contributed by atoms with Crippen LogP contribution in [0.25, 0.3) is 0 Å². The Balaban J connectivity index is 1.89. The predicted molar refractivity (Wildman–Crippen MR) is 88.5 cm³/mol. The fraction of sp³-hybridized carbons (Fsp3) is 0.133. The topological polar surface area (TPSA) is 81.7 Å². The molecule has 0 radical (unpaired) electrons. The summed E-state index contributed by atoms with van der Waals surface area (Å²) >= 11 is 11.8. The van der Waals surface area contributed by atoms with Gasteiger partial charge in [-0.2, -0.15) is 0 Å². The molecule has 2 aromatic rings. The van der Waals surface area contributed by atoms with Crippen LogP contribution in [0.2, 0.25) is 10.0 Å². The van der Waals surface area contributed by atoms with E-state index in [1.54, 1.807) is 0 Å². The second kappa shape index (κ2) is 6.51. The third kappa shape index (κ3) is 3.43. The van der Waals surface area contributed by atoms with E-state index in [1.807, 2.05) is 4.72 Å². The van der Waals surface area contributed by atoms with Crippen molar-refractivity contribution in [1.29, 1.82) is 0 Å². The van der Waals surface area contributed by atoms with Crippen LogP contribution in [0.5, 0.6) is 11.5 Å². The van der Waals surface area contributed by atoms with E-state index in [2.05, 4.69) is 0 Å². The van der Waals surface area contributed by atoms with Gasteiger partial charge in [-0.25, -0.2) is 13.1 Å². The molecule has 1 heterocycles. The number of carbonyl (C=O) groups excluding carboxylic acids is 1. The van der Waals surface area contributed by atoms with Crippen LogP contribution in [-0.2, 0) is 10.0 Å². The quantitative estimate of drug-likeness (QED) is 0.875. The van der Waals surface area contributed by atoms with Gasteiger partial charge in [0.15, 0.2) is 11.5 Å². The number of ether oxygens (including phenoxy) is 2. The summed E-state index contributed by atoms with van der Waals surface area (Å²) in [4.78, 5) is 12.2. The number of fused-ring (bicyclic) bond motifs is 1. The zero-order valence-corrected chi connectivity index (χ0v) is 14.4. The molecule has 0 bridgehead atoms. The second-order valence-electron chi connectivity index (χ2n) is 4.87. The summed E-state index contributed by atoms with van der Waals surface area (Å²) in [5, 5.41) is 0.408. The summed E-state index contributed by atoms with van der Waals surface area (Å²) in [6, 6.07) is 8.28. The van der Waals surface area contributed by atoms with Crippen molar-refractivity contribution in [3.8, 4) is 11.5 Å². The minimum Gasteiger partial charge on any atom is -0.486 e. The summed E-state index contributed by atoms with van der Waals surface area (Å²) in [5.74, 6) is -0.218. The van der Waals surface area contributed by atoms with Crippen LogP contribution in [0.15, 0.2) is 41.3 Å². The largest absolute Gasteiger partial charge is 0.486 e. The van der Waals surface area contributed by atoms with Gasteiger partial charge in [-0.05, 0) is 30.3 Å². The zero-order valence-electron chi connectivity index (χ0n) is 12.1. The molecular formula is C15H11Cl2NO5S. The van der Waals surface area contributed by atoms with E-state index < -0.39 is 15.9 Å². The lowest BCUT2D eigenvalue weighted by Gasteiger charge is -2.20. The van der Waals surface area contributed by atoms with E-state index in [0.717, 1.165) is 0 Å². The Morgan fingerprint density at radius 2 is 1.83 bits per heavy atom. The number of benzene rings is 2. The summed E-state index contributed by atoms with van der Waals surface area (Å²) in [6.07, 6.45) is 0. The maximum absolute atomic E-state index is 12.3. The Labute approximate surface area is 148 Å². The smallest absolute Gasteiger partial charge is 0.265 e. The second-order valence-corrected chi connectivity index (χ2v) is 7.40. The molecule has 0 fully saturated rings. The van der Waals surface area contributed by atoms with Gasteiger partial charge >= 0.3 is 0 Å². The molecule has 1 N–H and O–H groups in total. The first-order valence-electron chi connectivity index (χ1n) is 6.79. The summed E-state index contributed by atoms with van der Waals surface area (Å²) in [7, 11) is -4.06. The average molecular weight is 388 g/mol. The molecule has 0 aromatic heterocycles. The molecule has 6 nitrogen and oxygen atoms in total. The highest BCUT2D eigenvalue weighted by molar-refractivity contribution is 7.90. The Morgan fingerprint density at radius 3 is 2.58 bits per heavy atom. The fourth-order valence-corrected chi connectivity index (χ4v) is 3.66. The van der Waals surface area contributed by atoms with E-state index in [9.17, 15) is 13.2 Å². The van der Waals surface area contributed by atoms with Crippen LogP contribution in [0.4, 0.5) is 0 Å². The summed E-state index contributed by atoms with van der Waals surface area (Å²) < 4.78 is 37.2. The van der Waals surface area contributed by atoms with E-state index in [0.29, 0.717) is 24.7 Å². The van der Waals surface area contributed by atoms with E-state index in [4.69, 9.17) is 32.7 Å². The number of sulfonamides is 1. The average Bonchev–Trinajstić information content (AvgIpc) is 2.54. The van der Waals surface area contributed by atoms with Crippen LogP contribution in [0.3, 0.4) is 0 Å². The van der Waals surface area contributed by atoms with Gasteiger partial charge in [-0.1, -0.05) is 29.3 Å². The van der Waals surface area contributed by atoms with Gasteiger partial charge in [0, 0.05) is 10.6 Å². The van der Waals surface area contributed by atoms with Gasteiger partial charge in [0.1, 0.15) is 13.2 Å². The Kier molecular flexibility index (Phi) is 4.58. The van der Waals surface area contributed by atoms with Crippen molar-refractivity contribution in [3.05, 3.63) is 52.0 Å². The molecule has 126 valence electrons. The number of halogens is 2. The maximum Gasteiger partial charge on any atom is 0.265 e. The van der Waals surface area contributed by atoms with Crippen molar-refractivity contribution >= 4 is 39.1 Å². The lowest BCUT2D eigenvalue weighted by molar-refractivity contribution is 0.0980. The molecular weight excluding hydrogens is 377 g/mol. The van der Waals surface area contributed by atoms with Crippen LogP contribution >= 0.6 is 23.2 Å². The first-order chi connectivity index (χ1) is 11.4.